The minimum Gasteiger partial charge on any atom is -0.481 e. The van der Waals surface area contributed by atoms with Crippen molar-refractivity contribution in [1.29, 1.82) is 0 Å². The van der Waals surface area contributed by atoms with E-state index in [1.807, 2.05) is 13.8 Å². The summed E-state index contributed by atoms with van der Waals surface area (Å²) in [4.78, 5) is 64.8. The highest BCUT2D eigenvalue weighted by atomic mass is 16.4. The van der Waals surface area contributed by atoms with Gasteiger partial charge in [-0.05, 0) is 44.6 Å². The maximum Gasteiger partial charge on any atom is 0.326 e. The van der Waals surface area contributed by atoms with Crippen LogP contribution in [0, 0.1) is 5.92 Å². The Labute approximate surface area is 203 Å². The van der Waals surface area contributed by atoms with Gasteiger partial charge in [0.15, 0.2) is 5.96 Å². The van der Waals surface area contributed by atoms with Crippen LogP contribution < -0.4 is 32.7 Å². The van der Waals surface area contributed by atoms with Gasteiger partial charge in [0.05, 0.1) is 12.5 Å². The van der Waals surface area contributed by atoms with E-state index in [0.29, 0.717) is 13.0 Å². The van der Waals surface area contributed by atoms with Crippen LogP contribution >= 0.6 is 0 Å². The zero-order chi connectivity index (χ0) is 26.5. The molecular weight excluding hydrogens is 462 g/mol. The molecule has 0 saturated carbocycles. The lowest BCUT2D eigenvalue weighted by Gasteiger charge is -2.25. The lowest BCUT2D eigenvalue weighted by Crippen LogP contribution is -2.57. The van der Waals surface area contributed by atoms with Crippen molar-refractivity contribution in [2.45, 2.75) is 76.5 Å². The monoisotopic (exact) mass is 499 g/mol. The molecule has 1 aliphatic rings. The Balaban J connectivity index is 2.88. The molecule has 14 nitrogen and oxygen atoms in total. The molecule has 0 radical (unpaired) electrons. The van der Waals surface area contributed by atoms with Gasteiger partial charge in [0, 0.05) is 6.54 Å². The highest BCUT2D eigenvalue weighted by molar-refractivity contribution is 5.95. The molecule has 198 valence electrons. The molecule has 1 rings (SSSR count). The lowest BCUT2D eigenvalue weighted by atomic mass is 10.0. The Hall–Kier alpha value is -3.42. The summed E-state index contributed by atoms with van der Waals surface area (Å²) in [6, 6.07) is -4.31. The van der Waals surface area contributed by atoms with Crippen LogP contribution in [-0.2, 0) is 24.0 Å². The molecule has 1 fully saturated rings. The molecule has 0 bridgehead atoms. The average Bonchev–Trinajstić information content (AvgIpc) is 3.28. The zero-order valence-electron chi connectivity index (χ0n) is 20.1. The van der Waals surface area contributed by atoms with Crippen molar-refractivity contribution in [3.63, 3.8) is 0 Å². The number of aliphatic imine (C=N–C) groups is 1. The highest BCUT2D eigenvalue weighted by Gasteiger charge is 2.32. The molecule has 3 amide bonds. The first-order valence-corrected chi connectivity index (χ1v) is 11.5. The fraction of sp³-hybridized carbons (Fsp3) is 0.714. The predicted octanol–water partition coefficient (Wildman–Crippen LogP) is -2.15. The number of nitrogens with zero attached hydrogens (tertiary/aromatic N) is 1. The molecular formula is C21H37N7O7. The van der Waals surface area contributed by atoms with Crippen LogP contribution in [0.4, 0.5) is 0 Å². The molecule has 0 aromatic rings. The first-order chi connectivity index (χ1) is 16.4. The molecule has 1 saturated heterocycles. The minimum atomic E-state index is -1.55. The second-order valence-electron chi connectivity index (χ2n) is 8.85. The average molecular weight is 500 g/mol. The fourth-order valence-electron chi connectivity index (χ4n) is 3.57. The van der Waals surface area contributed by atoms with Gasteiger partial charge in [0.2, 0.25) is 17.7 Å². The SMILES string of the molecule is CC(C)CC(NC(=O)C1CCCN1)C(=O)NC(CC(=O)O)C(=O)NC(CCCN=C(N)N)C(=O)O. The number of amides is 3. The number of carbonyl (C=O) groups excluding carboxylic acids is 3. The topological polar surface area (TPSA) is 238 Å². The Kier molecular flexibility index (Phi) is 12.5. The van der Waals surface area contributed by atoms with E-state index < -0.39 is 54.3 Å². The normalized spacial score (nSPS) is 17.6. The van der Waals surface area contributed by atoms with Crippen molar-refractivity contribution in [3.8, 4) is 0 Å². The summed E-state index contributed by atoms with van der Waals surface area (Å²) in [6.07, 6.45) is 1.16. The quantitative estimate of drug-likeness (QED) is 0.0690. The number of hydrogen-bond acceptors (Lipinski definition) is 7. The largest absolute Gasteiger partial charge is 0.481 e. The summed E-state index contributed by atoms with van der Waals surface area (Å²) in [5.74, 6) is -4.91. The molecule has 14 heteroatoms. The third kappa shape index (κ3) is 11.5. The summed E-state index contributed by atoms with van der Waals surface area (Å²) in [7, 11) is 0. The number of rotatable bonds is 15. The first kappa shape index (κ1) is 29.6. The third-order valence-corrected chi connectivity index (χ3v) is 5.29. The van der Waals surface area contributed by atoms with E-state index in [1.165, 1.54) is 0 Å². The van der Waals surface area contributed by atoms with E-state index in [0.717, 1.165) is 6.42 Å². The second-order valence-corrected chi connectivity index (χ2v) is 8.85. The van der Waals surface area contributed by atoms with Crippen LogP contribution in [-0.4, -0.2) is 83.1 Å². The standard InChI is InChI=1S/C21H37N7O7/c1-11(2)9-14(27-17(31)12-5-3-7-24-12)18(32)28-15(10-16(29)30)19(33)26-13(20(34)35)6-4-8-25-21(22)23/h11-15,24H,3-10H2,1-2H3,(H,26,33)(H,27,31)(H,28,32)(H,29,30)(H,34,35)(H4,22,23,25). The first-order valence-electron chi connectivity index (χ1n) is 11.5. The molecule has 35 heavy (non-hydrogen) atoms. The van der Waals surface area contributed by atoms with E-state index in [1.54, 1.807) is 0 Å². The lowest BCUT2D eigenvalue weighted by molar-refractivity contribution is -0.143. The number of guanidine groups is 1. The van der Waals surface area contributed by atoms with E-state index >= 15 is 0 Å². The van der Waals surface area contributed by atoms with Gasteiger partial charge in [0.1, 0.15) is 18.1 Å². The number of hydrogen-bond donors (Lipinski definition) is 8. The third-order valence-electron chi connectivity index (χ3n) is 5.29. The molecule has 0 aliphatic carbocycles. The second kappa shape index (κ2) is 14.8. The number of nitrogens with one attached hydrogen (secondary N) is 4. The summed E-state index contributed by atoms with van der Waals surface area (Å²) in [6.45, 7) is 4.53. The molecule has 10 N–H and O–H groups in total. The number of aliphatic carboxylic acids is 2. The summed E-state index contributed by atoms with van der Waals surface area (Å²) < 4.78 is 0. The van der Waals surface area contributed by atoms with Crippen LogP contribution in [0.1, 0.15) is 52.4 Å². The van der Waals surface area contributed by atoms with Crippen LogP contribution in [0.5, 0.6) is 0 Å². The van der Waals surface area contributed by atoms with Crippen LogP contribution in [0.25, 0.3) is 0 Å². The number of carboxylic acids is 2. The summed E-state index contributed by atoms with van der Waals surface area (Å²) in [5, 5.41) is 29.0. The van der Waals surface area contributed by atoms with Gasteiger partial charge in [-0.25, -0.2) is 4.79 Å². The molecule has 1 aliphatic heterocycles. The molecule has 0 aromatic carbocycles. The van der Waals surface area contributed by atoms with Gasteiger partial charge in [-0.3, -0.25) is 24.2 Å². The molecule has 0 aromatic heterocycles. The van der Waals surface area contributed by atoms with Crippen LogP contribution in [0.15, 0.2) is 4.99 Å². The van der Waals surface area contributed by atoms with Crippen molar-refractivity contribution >= 4 is 35.6 Å². The van der Waals surface area contributed by atoms with Crippen molar-refractivity contribution in [1.82, 2.24) is 21.3 Å². The summed E-state index contributed by atoms with van der Waals surface area (Å²) >= 11 is 0. The fourth-order valence-corrected chi connectivity index (χ4v) is 3.57. The molecule has 4 atom stereocenters. The molecule has 1 heterocycles. The van der Waals surface area contributed by atoms with Gasteiger partial charge < -0.3 is 42.9 Å². The van der Waals surface area contributed by atoms with Crippen molar-refractivity contribution in [2.75, 3.05) is 13.1 Å². The van der Waals surface area contributed by atoms with Gasteiger partial charge in [-0.15, -0.1) is 0 Å². The van der Waals surface area contributed by atoms with Crippen LogP contribution in [0.2, 0.25) is 0 Å². The van der Waals surface area contributed by atoms with E-state index in [4.69, 9.17) is 11.5 Å². The van der Waals surface area contributed by atoms with E-state index in [9.17, 15) is 34.2 Å². The number of carbonyl (C=O) groups is 5. The molecule has 0 spiro atoms. The number of carboxylic acid groups (broad SMARTS) is 2. The van der Waals surface area contributed by atoms with E-state index in [-0.39, 0.29) is 43.6 Å². The Morgan fingerprint density at radius 3 is 2.14 bits per heavy atom. The van der Waals surface area contributed by atoms with Gasteiger partial charge in [-0.1, -0.05) is 13.8 Å². The smallest absolute Gasteiger partial charge is 0.326 e. The summed E-state index contributed by atoms with van der Waals surface area (Å²) in [5.41, 5.74) is 10.4. The van der Waals surface area contributed by atoms with Gasteiger partial charge in [0.25, 0.3) is 0 Å². The maximum atomic E-state index is 12.9. The van der Waals surface area contributed by atoms with E-state index in [2.05, 4.69) is 26.3 Å². The van der Waals surface area contributed by atoms with Gasteiger partial charge in [-0.2, -0.15) is 0 Å². The van der Waals surface area contributed by atoms with Crippen LogP contribution in [0.3, 0.4) is 0 Å². The highest BCUT2D eigenvalue weighted by Crippen LogP contribution is 2.10. The Morgan fingerprint density at radius 1 is 1.00 bits per heavy atom. The van der Waals surface area contributed by atoms with Crippen molar-refractivity contribution in [2.24, 2.45) is 22.4 Å². The van der Waals surface area contributed by atoms with Crippen molar-refractivity contribution in [3.05, 3.63) is 0 Å². The number of nitrogens with two attached hydrogens (primary N) is 2. The molecule has 4 unspecified atom stereocenters. The Morgan fingerprint density at radius 2 is 1.63 bits per heavy atom. The Bertz CT molecular complexity index is 793. The van der Waals surface area contributed by atoms with Gasteiger partial charge >= 0.3 is 11.9 Å². The zero-order valence-corrected chi connectivity index (χ0v) is 20.1. The van der Waals surface area contributed by atoms with Crippen molar-refractivity contribution < 1.29 is 34.2 Å². The predicted molar refractivity (Wildman–Crippen MR) is 126 cm³/mol. The minimum absolute atomic E-state index is 0.0101. The maximum absolute atomic E-state index is 12.9.